The number of rotatable bonds is 10. The van der Waals surface area contributed by atoms with Crippen LogP contribution in [0.4, 0.5) is 0 Å². The molecule has 1 aromatic heterocycles. The summed E-state index contributed by atoms with van der Waals surface area (Å²) in [5, 5.41) is 21.4. The Kier molecular flexibility index (Phi) is 7.92. The predicted molar refractivity (Wildman–Crippen MR) is 121 cm³/mol. The zero-order valence-electron chi connectivity index (χ0n) is 18.7. The molecule has 0 saturated carbocycles. The van der Waals surface area contributed by atoms with Crippen molar-refractivity contribution in [3.05, 3.63) is 77.1 Å². The molecule has 3 aromatic rings. The van der Waals surface area contributed by atoms with E-state index in [2.05, 4.69) is 4.98 Å². The van der Waals surface area contributed by atoms with Crippen LogP contribution in [0.25, 0.3) is 0 Å². The van der Waals surface area contributed by atoms with E-state index >= 15 is 0 Å². The molecular weight excluding hydrogens is 410 g/mol. The number of hydrogen-bond donors (Lipinski definition) is 2. The third-order valence-electron chi connectivity index (χ3n) is 5.29. The van der Waals surface area contributed by atoms with Crippen molar-refractivity contribution < 1.29 is 29.2 Å². The number of hydrogen-bond acceptors (Lipinski definition) is 7. The zero-order chi connectivity index (χ0) is 23.1. The van der Waals surface area contributed by atoms with Crippen molar-refractivity contribution in [2.45, 2.75) is 25.0 Å². The largest absolute Gasteiger partial charge is 0.493 e. The maximum Gasteiger partial charge on any atom is 0.161 e. The Labute approximate surface area is 188 Å². The van der Waals surface area contributed by atoms with Crippen LogP contribution < -0.4 is 18.9 Å². The van der Waals surface area contributed by atoms with Crippen LogP contribution in [0, 0.1) is 0 Å². The van der Waals surface area contributed by atoms with Crippen LogP contribution in [-0.4, -0.2) is 43.6 Å². The number of aromatic nitrogens is 1. The topological polar surface area (TPSA) is 90.3 Å². The fourth-order valence-corrected chi connectivity index (χ4v) is 3.57. The van der Waals surface area contributed by atoms with Crippen molar-refractivity contribution in [2.75, 3.05) is 28.4 Å². The molecule has 32 heavy (non-hydrogen) atoms. The zero-order valence-corrected chi connectivity index (χ0v) is 18.7. The van der Waals surface area contributed by atoms with Gasteiger partial charge in [-0.2, -0.15) is 0 Å². The van der Waals surface area contributed by atoms with E-state index in [0.29, 0.717) is 35.8 Å². The van der Waals surface area contributed by atoms with E-state index < -0.39 is 12.2 Å². The number of pyridine rings is 1. The highest BCUT2D eigenvalue weighted by molar-refractivity contribution is 5.44. The first-order chi connectivity index (χ1) is 15.5. The number of benzene rings is 2. The van der Waals surface area contributed by atoms with Crippen LogP contribution in [0.5, 0.6) is 23.0 Å². The fourth-order valence-electron chi connectivity index (χ4n) is 3.57. The molecular formula is C25H29NO6. The fraction of sp³-hybridized carbons (Fsp3) is 0.320. The second-order valence-corrected chi connectivity index (χ2v) is 7.37. The average Bonchev–Trinajstić information content (AvgIpc) is 2.83. The van der Waals surface area contributed by atoms with Crippen molar-refractivity contribution in [3.8, 4) is 23.0 Å². The van der Waals surface area contributed by atoms with Crippen LogP contribution >= 0.6 is 0 Å². The van der Waals surface area contributed by atoms with Gasteiger partial charge in [-0.3, -0.25) is 4.98 Å². The van der Waals surface area contributed by atoms with E-state index in [9.17, 15) is 10.2 Å². The highest BCUT2D eigenvalue weighted by Crippen LogP contribution is 2.32. The quantitative estimate of drug-likeness (QED) is 0.498. The van der Waals surface area contributed by atoms with Crippen LogP contribution in [0.2, 0.25) is 0 Å². The number of nitrogens with zero attached hydrogens (tertiary/aromatic N) is 1. The number of aliphatic hydroxyl groups excluding tert-OH is 2. The average molecular weight is 440 g/mol. The summed E-state index contributed by atoms with van der Waals surface area (Å²) in [6.45, 7) is 0. The van der Waals surface area contributed by atoms with E-state index in [1.165, 1.54) is 0 Å². The maximum absolute atomic E-state index is 10.7. The summed E-state index contributed by atoms with van der Waals surface area (Å²) in [6, 6.07) is 12.6. The van der Waals surface area contributed by atoms with Crippen molar-refractivity contribution in [1.29, 1.82) is 0 Å². The van der Waals surface area contributed by atoms with E-state index in [1.807, 2.05) is 18.2 Å². The summed E-state index contributed by atoms with van der Waals surface area (Å²) < 4.78 is 21.1. The first-order valence-electron chi connectivity index (χ1n) is 10.2. The highest BCUT2D eigenvalue weighted by Gasteiger charge is 2.15. The number of aliphatic hydroxyl groups is 2. The van der Waals surface area contributed by atoms with Crippen LogP contribution in [0.3, 0.4) is 0 Å². The van der Waals surface area contributed by atoms with Crippen molar-refractivity contribution in [3.63, 3.8) is 0 Å². The van der Waals surface area contributed by atoms with Crippen molar-refractivity contribution >= 4 is 0 Å². The van der Waals surface area contributed by atoms with E-state index in [1.54, 1.807) is 65.1 Å². The van der Waals surface area contributed by atoms with Gasteiger partial charge in [-0.1, -0.05) is 18.2 Å². The van der Waals surface area contributed by atoms with E-state index in [0.717, 1.165) is 22.3 Å². The summed E-state index contributed by atoms with van der Waals surface area (Å²) in [5.41, 5.74) is 3.17. The van der Waals surface area contributed by atoms with E-state index in [-0.39, 0.29) is 0 Å². The van der Waals surface area contributed by atoms with Crippen LogP contribution in [-0.2, 0) is 12.8 Å². The second-order valence-electron chi connectivity index (χ2n) is 7.37. The minimum absolute atomic E-state index is 0.378. The van der Waals surface area contributed by atoms with Gasteiger partial charge in [0.15, 0.2) is 23.0 Å². The van der Waals surface area contributed by atoms with Gasteiger partial charge in [-0.25, -0.2) is 0 Å². The molecule has 0 radical (unpaired) electrons. The lowest BCUT2D eigenvalue weighted by molar-refractivity contribution is 0.176. The Morgan fingerprint density at radius 2 is 1.03 bits per heavy atom. The number of methoxy groups -OCH3 is 4. The van der Waals surface area contributed by atoms with Gasteiger partial charge in [0.05, 0.1) is 40.6 Å². The molecule has 0 spiro atoms. The second kappa shape index (κ2) is 10.8. The van der Waals surface area contributed by atoms with Gasteiger partial charge in [-0.15, -0.1) is 0 Å². The molecule has 2 atom stereocenters. The van der Waals surface area contributed by atoms with Gasteiger partial charge in [0.2, 0.25) is 0 Å². The molecule has 0 saturated heterocycles. The first kappa shape index (κ1) is 23.4. The molecule has 7 nitrogen and oxygen atoms in total. The standard InChI is InChI=1S/C25H29NO6/c1-29-22-7-5-18(12-24(22)31-3)20(27)10-16-9-17(15-26-14-16)11-21(28)19-6-8-23(30-2)25(13-19)32-4/h5-9,12-15,20-21,27-28H,10-11H2,1-4H3. The third kappa shape index (κ3) is 5.49. The molecule has 2 N–H and O–H groups in total. The summed E-state index contributed by atoms with van der Waals surface area (Å²) in [5.74, 6) is 2.34. The lowest BCUT2D eigenvalue weighted by atomic mass is 9.98. The molecule has 2 unspecified atom stereocenters. The minimum atomic E-state index is -0.734. The summed E-state index contributed by atoms with van der Waals surface area (Å²) in [7, 11) is 6.26. The van der Waals surface area contributed by atoms with Gasteiger partial charge in [0.25, 0.3) is 0 Å². The van der Waals surface area contributed by atoms with Gasteiger partial charge in [0.1, 0.15) is 0 Å². The van der Waals surface area contributed by atoms with Crippen LogP contribution in [0.15, 0.2) is 54.9 Å². The van der Waals surface area contributed by atoms with E-state index in [4.69, 9.17) is 18.9 Å². The molecule has 3 rings (SSSR count). The summed E-state index contributed by atoms with van der Waals surface area (Å²) in [6.07, 6.45) is 2.73. The molecule has 170 valence electrons. The molecule has 0 aliphatic rings. The molecule has 1 heterocycles. The Hall–Kier alpha value is -3.29. The van der Waals surface area contributed by atoms with Gasteiger partial charge in [-0.05, 0) is 46.5 Å². The van der Waals surface area contributed by atoms with Gasteiger partial charge < -0.3 is 29.2 Å². The molecule has 2 aromatic carbocycles. The predicted octanol–water partition coefficient (Wildman–Crippen LogP) is 3.67. The van der Waals surface area contributed by atoms with Gasteiger partial charge >= 0.3 is 0 Å². The Bertz CT molecular complexity index is 960. The third-order valence-corrected chi connectivity index (χ3v) is 5.29. The first-order valence-corrected chi connectivity index (χ1v) is 10.2. The maximum atomic E-state index is 10.7. The smallest absolute Gasteiger partial charge is 0.161 e. The monoisotopic (exact) mass is 439 g/mol. The van der Waals surface area contributed by atoms with Crippen molar-refractivity contribution in [2.24, 2.45) is 0 Å². The summed E-state index contributed by atoms with van der Waals surface area (Å²) in [4.78, 5) is 4.29. The Morgan fingerprint density at radius 1 is 0.625 bits per heavy atom. The van der Waals surface area contributed by atoms with Crippen molar-refractivity contribution in [1.82, 2.24) is 4.98 Å². The Morgan fingerprint density at radius 3 is 1.41 bits per heavy atom. The lowest BCUT2D eigenvalue weighted by Gasteiger charge is -2.16. The normalized spacial score (nSPS) is 12.7. The summed E-state index contributed by atoms with van der Waals surface area (Å²) >= 11 is 0. The molecule has 0 amide bonds. The minimum Gasteiger partial charge on any atom is -0.493 e. The highest BCUT2D eigenvalue weighted by atomic mass is 16.5. The molecule has 7 heteroatoms. The Balaban J connectivity index is 1.71. The lowest BCUT2D eigenvalue weighted by Crippen LogP contribution is -2.06. The molecule has 0 bridgehead atoms. The van der Waals surface area contributed by atoms with Crippen LogP contribution in [0.1, 0.15) is 34.5 Å². The number of ether oxygens (including phenoxy) is 4. The SMILES string of the molecule is COc1ccc(C(O)Cc2cncc(CC(O)c3ccc(OC)c(OC)c3)c2)cc1OC. The van der Waals surface area contributed by atoms with Gasteiger partial charge in [0, 0.05) is 25.2 Å². The molecule has 0 aliphatic heterocycles. The molecule has 0 fully saturated rings. The molecule has 0 aliphatic carbocycles.